The van der Waals surface area contributed by atoms with Crippen LogP contribution in [0, 0.1) is 0 Å². The summed E-state index contributed by atoms with van der Waals surface area (Å²) in [4.78, 5) is 10.4. The Bertz CT molecular complexity index is 530. The summed E-state index contributed by atoms with van der Waals surface area (Å²) in [6, 6.07) is 6.56. The van der Waals surface area contributed by atoms with Crippen LogP contribution in [0.4, 0.5) is 0 Å². The molecule has 0 saturated carbocycles. The van der Waals surface area contributed by atoms with Crippen LogP contribution >= 0.6 is 11.6 Å². The molecule has 0 fully saturated rings. The Morgan fingerprint density at radius 2 is 2.11 bits per heavy atom. The molecule has 1 N–H and O–H groups in total. The summed E-state index contributed by atoms with van der Waals surface area (Å²) in [5, 5.41) is 8.98. The molecule has 0 aromatic heterocycles. The number of rotatable bonds is 6. The predicted molar refractivity (Wildman–Crippen MR) is 69.0 cm³/mol. The smallest absolute Gasteiger partial charge is 0.304 e. The van der Waals surface area contributed by atoms with Crippen LogP contribution in [0.1, 0.15) is 12.0 Å². The van der Waals surface area contributed by atoms with Gasteiger partial charge in [-0.15, -0.1) is 0 Å². The Kier molecular flexibility index (Phi) is 5.13. The van der Waals surface area contributed by atoms with Crippen molar-refractivity contribution in [2.75, 3.05) is 13.6 Å². The van der Waals surface area contributed by atoms with Gasteiger partial charge in [-0.1, -0.05) is 23.7 Å². The van der Waals surface area contributed by atoms with Crippen molar-refractivity contribution >= 4 is 27.6 Å². The van der Waals surface area contributed by atoms with Crippen LogP contribution in [0.2, 0.25) is 5.02 Å². The third-order valence-electron chi connectivity index (χ3n) is 2.35. The average Bonchev–Trinajstić information content (AvgIpc) is 2.25. The summed E-state index contributed by atoms with van der Waals surface area (Å²) in [5.74, 6) is -1.22. The molecule has 0 aliphatic heterocycles. The molecule has 0 saturated heterocycles. The van der Waals surface area contributed by atoms with E-state index in [9.17, 15) is 13.2 Å². The minimum Gasteiger partial charge on any atom is -0.481 e. The maximum Gasteiger partial charge on any atom is 0.304 e. The van der Waals surface area contributed by atoms with Gasteiger partial charge in [0.15, 0.2) is 0 Å². The van der Waals surface area contributed by atoms with Gasteiger partial charge in [0, 0.05) is 18.6 Å². The molecule has 7 heteroatoms. The lowest BCUT2D eigenvalue weighted by Gasteiger charge is -2.16. The number of benzene rings is 1. The molecular weight excluding hydrogens is 278 g/mol. The zero-order valence-corrected chi connectivity index (χ0v) is 11.4. The van der Waals surface area contributed by atoms with E-state index >= 15 is 0 Å². The number of aliphatic carboxylic acids is 1. The molecule has 1 rings (SSSR count). The van der Waals surface area contributed by atoms with E-state index in [-0.39, 0.29) is 18.7 Å². The normalized spacial score (nSPS) is 11.7. The minimum atomic E-state index is -3.51. The Morgan fingerprint density at radius 3 is 2.67 bits per heavy atom. The number of carboxylic acids is 1. The molecular formula is C11H14ClNO4S. The van der Waals surface area contributed by atoms with Crippen LogP contribution in [0.25, 0.3) is 0 Å². The minimum absolute atomic E-state index is 0.0434. The molecule has 0 bridgehead atoms. The number of carboxylic acid groups (broad SMARTS) is 1. The lowest BCUT2D eigenvalue weighted by atomic mass is 10.2. The van der Waals surface area contributed by atoms with Gasteiger partial charge in [-0.3, -0.25) is 4.79 Å². The van der Waals surface area contributed by atoms with Gasteiger partial charge >= 0.3 is 5.97 Å². The van der Waals surface area contributed by atoms with Crippen LogP contribution in [-0.2, 0) is 20.6 Å². The van der Waals surface area contributed by atoms with Crippen LogP contribution in [-0.4, -0.2) is 37.4 Å². The van der Waals surface area contributed by atoms with Crippen molar-refractivity contribution in [2.45, 2.75) is 12.2 Å². The second kappa shape index (κ2) is 6.17. The highest BCUT2D eigenvalue weighted by molar-refractivity contribution is 7.88. The molecule has 0 aliphatic carbocycles. The highest BCUT2D eigenvalue weighted by atomic mass is 35.5. The second-order valence-electron chi connectivity index (χ2n) is 3.85. The first-order valence-corrected chi connectivity index (χ1v) is 7.20. The number of hydrogen-bond acceptors (Lipinski definition) is 3. The average molecular weight is 292 g/mol. The fourth-order valence-electron chi connectivity index (χ4n) is 1.34. The molecule has 0 unspecified atom stereocenters. The topological polar surface area (TPSA) is 74.7 Å². The zero-order valence-electron chi connectivity index (χ0n) is 9.84. The Hall–Kier alpha value is -1.11. The molecule has 0 spiro atoms. The molecule has 0 radical (unpaired) electrons. The highest BCUT2D eigenvalue weighted by Gasteiger charge is 2.19. The Morgan fingerprint density at radius 1 is 1.44 bits per heavy atom. The largest absolute Gasteiger partial charge is 0.481 e. The first-order valence-electron chi connectivity index (χ1n) is 5.21. The van der Waals surface area contributed by atoms with Gasteiger partial charge in [0.1, 0.15) is 0 Å². The van der Waals surface area contributed by atoms with Crippen LogP contribution in [0.15, 0.2) is 24.3 Å². The molecule has 0 amide bonds. The van der Waals surface area contributed by atoms with Crippen molar-refractivity contribution in [2.24, 2.45) is 0 Å². The number of halogens is 1. The first-order chi connectivity index (χ1) is 8.31. The lowest BCUT2D eigenvalue weighted by molar-refractivity contribution is -0.137. The van der Waals surface area contributed by atoms with Gasteiger partial charge in [0.05, 0.1) is 12.2 Å². The fourth-order valence-corrected chi connectivity index (χ4v) is 2.74. The second-order valence-corrected chi connectivity index (χ2v) is 6.36. The monoisotopic (exact) mass is 291 g/mol. The number of hydrogen-bond donors (Lipinski definition) is 1. The van der Waals surface area contributed by atoms with Gasteiger partial charge in [-0.25, -0.2) is 12.7 Å². The molecule has 18 heavy (non-hydrogen) atoms. The summed E-state index contributed by atoms with van der Waals surface area (Å²) in [5.41, 5.74) is 0.574. The van der Waals surface area contributed by atoms with E-state index in [0.29, 0.717) is 10.6 Å². The summed E-state index contributed by atoms with van der Waals surface area (Å²) >= 11 is 5.77. The van der Waals surface area contributed by atoms with Gasteiger partial charge in [0.25, 0.3) is 0 Å². The fraction of sp³-hybridized carbons (Fsp3) is 0.364. The van der Waals surface area contributed by atoms with E-state index in [1.165, 1.54) is 7.05 Å². The molecule has 0 atom stereocenters. The van der Waals surface area contributed by atoms with E-state index in [1.54, 1.807) is 24.3 Å². The van der Waals surface area contributed by atoms with Crippen molar-refractivity contribution in [3.8, 4) is 0 Å². The maximum atomic E-state index is 11.9. The molecule has 1 aromatic rings. The number of nitrogens with zero attached hydrogens (tertiary/aromatic N) is 1. The number of carbonyl (C=O) groups is 1. The highest BCUT2D eigenvalue weighted by Crippen LogP contribution is 2.15. The standard InChI is InChI=1S/C11H14ClNO4S/c1-13(6-5-11(14)15)18(16,17)8-9-3-2-4-10(12)7-9/h2-4,7H,5-6,8H2,1H3,(H,14,15). The predicted octanol–water partition coefficient (Wildman–Crippen LogP) is 1.58. The van der Waals surface area contributed by atoms with Gasteiger partial charge in [-0.2, -0.15) is 0 Å². The summed E-state index contributed by atoms with van der Waals surface area (Å²) in [6.07, 6.45) is -0.217. The quantitative estimate of drug-likeness (QED) is 0.863. The van der Waals surface area contributed by atoms with E-state index in [2.05, 4.69) is 0 Å². The van der Waals surface area contributed by atoms with Crippen LogP contribution in [0.5, 0.6) is 0 Å². The lowest BCUT2D eigenvalue weighted by Crippen LogP contribution is -2.30. The summed E-state index contributed by atoms with van der Waals surface area (Å²) in [7, 11) is -2.15. The molecule has 100 valence electrons. The first kappa shape index (κ1) is 14.9. The van der Waals surface area contributed by atoms with E-state index in [4.69, 9.17) is 16.7 Å². The van der Waals surface area contributed by atoms with E-state index in [0.717, 1.165) is 4.31 Å². The van der Waals surface area contributed by atoms with Gasteiger partial charge in [-0.05, 0) is 17.7 Å². The molecule has 5 nitrogen and oxygen atoms in total. The number of sulfonamides is 1. The zero-order chi connectivity index (χ0) is 13.8. The van der Waals surface area contributed by atoms with Crippen LogP contribution < -0.4 is 0 Å². The van der Waals surface area contributed by atoms with Crippen molar-refractivity contribution in [3.05, 3.63) is 34.9 Å². The Balaban J connectivity index is 2.72. The van der Waals surface area contributed by atoms with Crippen molar-refractivity contribution in [1.29, 1.82) is 0 Å². The van der Waals surface area contributed by atoms with Gasteiger partial charge in [0.2, 0.25) is 10.0 Å². The summed E-state index contributed by atoms with van der Waals surface area (Å²) in [6.45, 7) is -0.0434. The van der Waals surface area contributed by atoms with Crippen LogP contribution in [0.3, 0.4) is 0 Å². The summed E-state index contributed by atoms with van der Waals surface area (Å²) < 4.78 is 24.9. The van der Waals surface area contributed by atoms with Crippen molar-refractivity contribution in [3.63, 3.8) is 0 Å². The SMILES string of the molecule is CN(CCC(=O)O)S(=O)(=O)Cc1cccc(Cl)c1. The van der Waals surface area contributed by atoms with E-state index < -0.39 is 16.0 Å². The van der Waals surface area contributed by atoms with Crippen molar-refractivity contribution < 1.29 is 18.3 Å². The third kappa shape index (κ3) is 4.64. The molecule has 0 heterocycles. The maximum absolute atomic E-state index is 11.9. The Labute approximate surface area is 111 Å². The van der Waals surface area contributed by atoms with E-state index in [1.807, 2.05) is 0 Å². The van der Waals surface area contributed by atoms with Crippen molar-refractivity contribution in [1.82, 2.24) is 4.31 Å². The molecule has 1 aromatic carbocycles. The van der Waals surface area contributed by atoms with Gasteiger partial charge < -0.3 is 5.11 Å². The molecule has 0 aliphatic rings. The third-order valence-corrected chi connectivity index (χ3v) is 4.42.